The maximum Gasteiger partial charge on any atom is 0.266 e. The van der Waals surface area contributed by atoms with Crippen LogP contribution in [0.15, 0.2) is 53.3 Å². The number of carbonyl (C=O) groups excluding carboxylic acids is 1. The highest BCUT2D eigenvalue weighted by atomic mass is 19.1. The highest BCUT2D eigenvalue weighted by molar-refractivity contribution is 5.79. The van der Waals surface area contributed by atoms with Gasteiger partial charge >= 0.3 is 0 Å². The first-order valence-electron chi connectivity index (χ1n) is 11.1. The number of rotatable bonds is 9. The van der Waals surface area contributed by atoms with Gasteiger partial charge in [0, 0.05) is 13.0 Å². The number of carbonyl (C=O) groups is 1. The molecule has 6 heteroatoms. The number of fused-ring (bicyclic) bond motifs is 1. The van der Waals surface area contributed by atoms with Crippen molar-refractivity contribution in [1.29, 1.82) is 0 Å². The Morgan fingerprint density at radius 2 is 1.77 bits per heavy atom. The fraction of sp³-hybridized carbons (Fsp3) is 0.400. The summed E-state index contributed by atoms with van der Waals surface area (Å²) in [7, 11) is 0. The number of hydrogen-bond acceptors (Lipinski definition) is 3. The van der Waals surface area contributed by atoms with Crippen molar-refractivity contribution in [3.8, 4) is 5.69 Å². The standard InChI is InChI=1S/C25H30FN3O2/c1-4-7-10-17-28(23(30)6-3)22(5-2)24-27-21-12-9-8-11-20(21)25(31)29(24)19-15-13-18(26)14-16-19/h8-9,11-16,22H,4-7,10,17H2,1-3H3. The summed E-state index contributed by atoms with van der Waals surface area (Å²) in [5.41, 5.74) is 0.912. The van der Waals surface area contributed by atoms with Gasteiger partial charge in [0.1, 0.15) is 11.6 Å². The van der Waals surface area contributed by atoms with E-state index in [9.17, 15) is 14.0 Å². The van der Waals surface area contributed by atoms with E-state index in [1.807, 2.05) is 30.9 Å². The summed E-state index contributed by atoms with van der Waals surface area (Å²) in [6.45, 7) is 6.59. The molecule has 1 amide bonds. The van der Waals surface area contributed by atoms with Gasteiger partial charge in [-0.1, -0.05) is 45.7 Å². The molecule has 31 heavy (non-hydrogen) atoms. The Hall–Kier alpha value is -3.02. The van der Waals surface area contributed by atoms with Gasteiger partial charge in [-0.05, 0) is 49.2 Å². The third kappa shape index (κ3) is 4.84. The molecule has 0 saturated carbocycles. The summed E-state index contributed by atoms with van der Waals surface area (Å²) in [4.78, 5) is 33.1. The number of halogens is 1. The zero-order chi connectivity index (χ0) is 22.4. The van der Waals surface area contributed by atoms with Crippen LogP contribution in [-0.4, -0.2) is 26.9 Å². The molecule has 2 aromatic carbocycles. The van der Waals surface area contributed by atoms with E-state index in [0.717, 1.165) is 19.3 Å². The molecule has 1 atom stereocenters. The van der Waals surface area contributed by atoms with E-state index in [1.54, 1.807) is 24.3 Å². The molecular formula is C25H30FN3O2. The Morgan fingerprint density at radius 1 is 1.06 bits per heavy atom. The van der Waals surface area contributed by atoms with Crippen LogP contribution >= 0.6 is 0 Å². The summed E-state index contributed by atoms with van der Waals surface area (Å²) < 4.78 is 15.1. The zero-order valence-electron chi connectivity index (χ0n) is 18.5. The van der Waals surface area contributed by atoms with Crippen LogP contribution in [-0.2, 0) is 4.79 Å². The molecule has 0 saturated heterocycles. The van der Waals surface area contributed by atoms with E-state index in [4.69, 9.17) is 4.98 Å². The smallest absolute Gasteiger partial charge is 0.266 e. The minimum absolute atomic E-state index is 0.0380. The Labute approximate surface area is 182 Å². The molecule has 0 radical (unpaired) electrons. The Morgan fingerprint density at radius 3 is 2.42 bits per heavy atom. The average molecular weight is 424 g/mol. The lowest BCUT2D eigenvalue weighted by molar-refractivity contribution is -0.133. The molecule has 0 spiro atoms. The van der Waals surface area contributed by atoms with Gasteiger partial charge in [0.05, 0.1) is 22.6 Å². The summed E-state index contributed by atoms with van der Waals surface area (Å²) in [5, 5.41) is 0.491. The molecule has 0 fully saturated rings. The van der Waals surface area contributed by atoms with Crippen molar-refractivity contribution < 1.29 is 9.18 Å². The van der Waals surface area contributed by atoms with E-state index in [-0.39, 0.29) is 23.3 Å². The first-order valence-corrected chi connectivity index (χ1v) is 11.1. The van der Waals surface area contributed by atoms with Crippen molar-refractivity contribution >= 4 is 16.8 Å². The summed E-state index contributed by atoms with van der Waals surface area (Å²) >= 11 is 0. The quantitative estimate of drug-likeness (QED) is 0.433. The van der Waals surface area contributed by atoms with Crippen molar-refractivity contribution in [2.24, 2.45) is 0 Å². The molecule has 1 unspecified atom stereocenters. The molecule has 164 valence electrons. The van der Waals surface area contributed by atoms with Gasteiger partial charge in [0.25, 0.3) is 5.56 Å². The van der Waals surface area contributed by atoms with Crippen molar-refractivity contribution in [2.75, 3.05) is 6.54 Å². The fourth-order valence-electron chi connectivity index (χ4n) is 3.95. The first-order chi connectivity index (χ1) is 15.0. The summed E-state index contributed by atoms with van der Waals surface area (Å²) in [5.74, 6) is 0.175. The lowest BCUT2D eigenvalue weighted by atomic mass is 10.1. The first kappa shape index (κ1) is 22.7. The molecule has 0 aliphatic heterocycles. The van der Waals surface area contributed by atoms with E-state index in [0.29, 0.717) is 41.8 Å². The second-order valence-electron chi connectivity index (χ2n) is 7.68. The minimum Gasteiger partial charge on any atom is -0.333 e. The molecule has 3 aromatic rings. The third-order valence-corrected chi connectivity index (χ3v) is 5.57. The largest absolute Gasteiger partial charge is 0.333 e. The van der Waals surface area contributed by atoms with Gasteiger partial charge in [-0.15, -0.1) is 0 Å². The predicted octanol–water partition coefficient (Wildman–Crippen LogP) is 5.40. The maximum atomic E-state index is 13.6. The molecule has 0 aliphatic carbocycles. The summed E-state index contributed by atoms with van der Waals surface area (Å²) in [6, 6.07) is 12.7. The number of hydrogen-bond donors (Lipinski definition) is 0. The van der Waals surface area contributed by atoms with Crippen molar-refractivity contribution in [1.82, 2.24) is 14.5 Å². The second-order valence-corrected chi connectivity index (χ2v) is 7.68. The van der Waals surface area contributed by atoms with Crippen LogP contribution < -0.4 is 5.56 Å². The number of benzene rings is 2. The average Bonchev–Trinajstić information content (AvgIpc) is 2.79. The highest BCUT2D eigenvalue weighted by Crippen LogP contribution is 2.27. The number of amides is 1. The van der Waals surface area contributed by atoms with Crippen LogP contribution in [0.25, 0.3) is 16.6 Å². The molecule has 0 bridgehead atoms. The maximum absolute atomic E-state index is 13.6. The fourth-order valence-corrected chi connectivity index (χ4v) is 3.95. The minimum atomic E-state index is -0.374. The van der Waals surface area contributed by atoms with Crippen molar-refractivity contribution in [3.05, 3.63) is 70.5 Å². The van der Waals surface area contributed by atoms with E-state index < -0.39 is 0 Å². The Kier molecular flexibility index (Phi) is 7.55. The number of aromatic nitrogens is 2. The van der Waals surface area contributed by atoms with Crippen LogP contribution in [0, 0.1) is 5.82 Å². The molecule has 5 nitrogen and oxygen atoms in total. The lowest BCUT2D eigenvalue weighted by Crippen LogP contribution is -2.38. The molecule has 1 heterocycles. The monoisotopic (exact) mass is 423 g/mol. The topological polar surface area (TPSA) is 55.2 Å². The molecular weight excluding hydrogens is 393 g/mol. The number of nitrogens with zero attached hydrogens (tertiary/aromatic N) is 3. The van der Waals surface area contributed by atoms with Crippen molar-refractivity contribution in [3.63, 3.8) is 0 Å². The van der Waals surface area contributed by atoms with Gasteiger partial charge in [-0.25, -0.2) is 9.37 Å². The van der Waals surface area contributed by atoms with Crippen LogP contribution in [0.1, 0.15) is 64.7 Å². The van der Waals surface area contributed by atoms with Crippen molar-refractivity contribution in [2.45, 2.75) is 58.9 Å². The predicted molar refractivity (Wildman–Crippen MR) is 122 cm³/mol. The van der Waals surface area contributed by atoms with E-state index in [2.05, 4.69) is 6.92 Å². The lowest BCUT2D eigenvalue weighted by Gasteiger charge is -2.32. The zero-order valence-corrected chi connectivity index (χ0v) is 18.5. The molecule has 3 rings (SSSR count). The van der Waals surface area contributed by atoms with Gasteiger partial charge < -0.3 is 4.90 Å². The number of unbranched alkanes of at least 4 members (excludes halogenated alkanes) is 2. The van der Waals surface area contributed by atoms with Crippen LogP contribution in [0.4, 0.5) is 4.39 Å². The Bertz CT molecular complexity index is 1090. The summed E-state index contributed by atoms with van der Waals surface area (Å²) in [6.07, 6.45) is 3.98. The van der Waals surface area contributed by atoms with Crippen LogP contribution in [0.2, 0.25) is 0 Å². The van der Waals surface area contributed by atoms with Gasteiger partial charge in [-0.3, -0.25) is 14.2 Å². The molecule has 1 aromatic heterocycles. The van der Waals surface area contributed by atoms with E-state index in [1.165, 1.54) is 16.7 Å². The van der Waals surface area contributed by atoms with E-state index >= 15 is 0 Å². The second kappa shape index (κ2) is 10.3. The SMILES string of the molecule is CCCCCN(C(=O)CC)C(CC)c1nc2ccccc2c(=O)n1-c1ccc(F)cc1. The highest BCUT2D eigenvalue weighted by Gasteiger charge is 2.28. The third-order valence-electron chi connectivity index (χ3n) is 5.57. The molecule has 0 aliphatic rings. The van der Waals surface area contributed by atoms with Gasteiger partial charge in [0.2, 0.25) is 5.91 Å². The Balaban J connectivity index is 2.23. The normalized spacial score (nSPS) is 12.1. The van der Waals surface area contributed by atoms with Gasteiger partial charge in [-0.2, -0.15) is 0 Å². The molecule has 0 N–H and O–H groups in total. The number of para-hydroxylation sites is 1. The van der Waals surface area contributed by atoms with Gasteiger partial charge in [0.15, 0.2) is 0 Å². The van der Waals surface area contributed by atoms with Crippen LogP contribution in [0.3, 0.4) is 0 Å². The van der Waals surface area contributed by atoms with Crippen LogP contribution in [0.5, 0.6) is 0 Å².